The van der Waals surface area contributed by atoms with Gasteiger partial charge in [-0.3, -0.25) is 4.79 Å². The van der Waals surface area contributed by atoms with E-state index in [1.165, 1.54) is 7.11 Å². The van der Waals surface area contributed by atoms with E-state index in [9.17, 15) is 13.6 Å². The standard InChI is InChI=1S/C23H29F2NO3/c1-7-14-16(15(8-2)21(25)17(11-28-6)20(14)24)12-29-22(27)19-18(23(19,4)5)9-13(3)10-26/h9,18-19H,7-8,11-12H2,1-6H3/t18-,19+/m1/s1. The van der Waals surface area contributed by atoms with Crippen molar-refractivity contribution >= 4 is 5.97 Å². The smallest absolute Gasteiger partial charge is 0.310 e. The predicted molar refractivity (Wildman–Crippen MR) is 106 cm³/mol. The number of carbonyl (C=O) groups is 1. The van der Waals surface area contributed by atoms with Gasteiger partial charge in [-0.2, -0.15) is 5.26 Å². The van der Waals surface area contributed by atoms with Gasteiger partial charge in [0.05, 0.1) is 18.6 Å². The Bertz CT molecular complexity index is 837. The van der Waals surface area contributed by atoms with Crippen LogP contribution in [0.1, 0.15) is 56.9 Å². The second kappa shape index (κ2) is 9.04. The molecule has 0 spiro atoms. The maximum Gasteiger partial charge on any atom is 0.310 e. The summed E-state index contributed by atoms with van der Waals surface area (Å²) in [7, 11) is 1.39. The van der Waals surface area contributed by atoms with Gasteiger partial charge in [0, 0.05) is 23.8 Å². The summed E-state index contributed by atoms with van der Waals surface area (Å²) in [5, 5.41) is 8.97. The largest absolute Gasteiger partial charge is 0.461 e. The van der Waals surface area contributed by atoms with Crippen molar-refractivity contribution in [2.24, 2.45) is 17.3 Å². The van der Waals surface area contributed by atoms with Crippen LogP contribution >= 0.6 is 0 Å². The van der Waals surface area contributed by atoms with Crippen LogP contribution in [0.4, 0.5) is 8.78 Å². The third-order valence-electron chi connectivity index (χ3n) is 5.91. The number of nitrogens with zero attached hydrogens (tertiary/aromatic N) is 1. The molecular weight excluding hydrogens is 376 g/mol. The lowest BCUT2D eigenvalue weighted by Gasteiger charge is -2.19. The molecule has 1 aromatic rings. The summed E-state index contributed by atoms with van der Waals surface area (Å²) < 4.78 is 40.2. The maximum atomic E-state index is 14.9. The van der Waals surface area contributed by atoms with E-state index in [0.29, 0.717) is 35.1 Å². The van der Waals surface area contributed by atoms with Gasteiger partial charge in [-0.15, -0.1) is 0 Å². The lowest BCUT2D eigenvalue weighted by Crippen LogP contribution is -2.16. The highest BCUT2D eigenvalue weighted by Gasteiger charge is 2.61. The van der Waals surface area contributed by atoms with Crippen molar-refractivity contribution in [3.63, 3.8) is 0 Å². The number of rotatable bonds is 8. The van der Waals surface area contributed by atoms with Crippen molar-refractivity contribution in [3.05, 3.63) is 45.5 Å². The van der Waals surface area contributed by atoms with Crippen molar-refractivity contribution in [1.29, 1.82) is 5.26 Å². The molecule has 4 nitrogen and oxygen atoms in total. The zero-order chi connectivity index (χ0) is 21.9. The van der Waals surface area contributed by atoms with Crippen molar-refractivity contribution in [1.82, 2.24) is 0 Å². The predicted octanol–water partition coefficient (Wildman–Crippen LogP) is 5.02. The zero-order valence-corrected chi connectivity index (χ0v) is 18.0. The zero-order valence-electron chi connectivity index (χ0n) is 18.0. The van der Waals surface area contributed by atoms with E-state index >= 15 is 0 Å². The Labute approximate surface area is 171 Å². The number of carbonyl (C=O) groups excluding carboxylic acids is 1. The first-order valence-corrected chi connectivity index (χ1v) is 9.90. The lowest BCUT2D eigenvalue weighted by molar-refractivity contribution is -0.147. The van der Waals surface area contributed by atoms with E-state index in [4.69, 9.17) is 14.7 Å². The molecule has 0 unspecified atom stereocenters. The summed E-state index contributed by atoms with van der Waals surface area (Å²) >= 11 is 0. The molecule has 0 N–H and O–H groups in total. The van der Waals surface area contributed by atoms with Gasteiger partial charge in [0.15, 0.2) is 0 Å². The highest BCUT2D eigenvalue weighted by atomic mass is 19.1. The van der Waals surface area contributed by atoms with Gasteiger partial charge in [0.25, 0.3) is 0 Å². The first-order chi connectivity index (χ1) is 13.6. The van der Waals surface area contributed by atoms with Crippen LogP contribution in [0, 0.1) is 40.2 Å². The molecule has 0 aromatic heterocycles. The summed E-state index contributed by atoms with van der Waals surface area (Å²) in [6, 6.07) is 2.06. The summed E-state index contributed by atoms with van der Waals surface area (Å²) in [5.74, 6) is -2.13. The summed E-state index contributed by atoms with van der Waals surface area (Å²) in [6.07, 6.45) is 2.49. The van der Waals surface area contributed by atoms with Crippen LogP contribution in [-0.4, -0.2) is 13.1 Å². The van der Waals surface area contributed by atoms with E-state index < -0.39 is 17.6 Å². The van der Waals surface area contributed by atoms with E-state index in [1.54, 1.807) is 26.8 Å². The molecule has 1 aromatic carbocycles. The fraction of sp³-hybridized carbons (Fsp3) is 0.565. The molecule has 0 aliphatic heterocycles. The minimum absolute atomic E-state index is 0.0801. The first kappa shape index (κ1) is 23.0. The van der Waals surface area contributed by atoms with Gasteiger partial charge in [-0.05, 0) is 42.2 Å². The molecular formula is C23H29F2NO3. The average molecular weight is 405 g/mol. The number of halogens is 2. The van der Waals surface area contributed by atoms with Crippen molar-refractivity contribution in [3.8, 4) is 6.07 Å². The molecule has 0 saturated heterocycles. The molecule has 2 rings (SSSR count). The Morgan fingerprint density at radius 2 is 1.66 bits per heavy atom. The van der Waals surface area contributed by atoms with E-state index in [1.807, 2.05) is 13.8 Å². The topological polar surface area (TPSA) is 59.3 Å². The number of hydrogen-bond donors (Lipinski definition) is 0. The molecule has 1 aliphatic rings. The highest BCUT2D eigenvalue weighted by Crippen LogP contribution is 2.59. The number of ether oxygens (including phenoxy) is 2. The van der Waals surface area contributed by atoms with E-state index in [0.717, 1.165) is 0 Å². The molecule has 1 fully saturated rings. The van der Waals surface area contributed by atoms with Gasteiger partial charge in [0.1, 0.15) is 18.2 Å². The number of methoxy groups -OCH3 is 1. The molecule has 158 valence electrons. The summed E-state index contributed by atoms with van der Waals surface area (Å²) in [5.41, 5.74) is 1.27. The number of esters is 1. The average Bonchev–Trinajstić information content (AvgIpc) is 3.22. The normalized spacial score (nSPS) is 20.3. The highest BCUT2D eigenvalue weighted by molar-refractivity contribution is 5.78. The number of benzene rings is 1. The van der Waals surface area contributed by atoms with Crippen molar-refractivity contribution in [2.75, 3.05) is 7.11 Å². The number of nitriles is 1. The van der Waals surface area contributed by atoms with Crippen molar-refractivity contribution in [2.45, 2.75) is 60.7 Å². The molecule has 6 heteroatoms. The second-order valence-corrected chi connectivity index (χ2v) is 8.08. The van der Waals surface area contributed by atoms with Crippen LogP contribution in [0.15, 0.2) is 11.6 Å². The van der Waals surface area contributed by atoms with Crippen LogP contribution in [0.3, 0.4) is 0 Å². The SMILES string of the molecule is CCc1c(F)c(COC)c(F)c(CC)c1COC(=O)[C@@H]1[C@@H](C=C(C)C#N)C1(C)C. The van der Waals surface area contributed by atoms with Gasteiger partial charge in [-0.1, -0.05) is 33.8 Å². The maximum absolute atomic E-state index is 14.9. The quantitative estimate of drug-likeness (QED) is 0.450. The van der Waals surface area contributed by atoms with E-state index in [2.05, 4.69) is 6.07 Å². The number of hydrogen-bond acceptors (Lipinski definition) is 4. The van der Waals surface area contributed by atoms with Crippen LogP contribution < -0.4 is 0 Å². The molecule has 29 heavy (non-hydrogen) atoms. The van der Waals surface area contributed by atoms with Crippen LogP contribution in [0.5, 0.6) is 0 Å². The van der Waals surface area contributed by atoms with Crippen LogP contribution in [0.25, 0.3) is 0 Å². The Morgan fingerprint density at radius 3 is 2.10 bits per heavy atom. The fourth-order valence-corrected chi connectivity index (χ4v) is 4.07. The third kappa shape index (κ3) is 4.35. The molecule has 0 amide bonds. The van der Waals surface area contributed by atoms with E-state index in [-0.39, 0.29) is 36.0 Å². The first-order valence-electron chi connectivity index (χ1n) is 9.90. The molecule has 1 aliphatic carbocycles. The molecule has 0 bridgehead atoms. The summed E-state index contributed by atoms with van der Waals surface area (Å²) in [4.78, 5) is 12.7. The van der Waals surface area contributed by atoms with Crippen LogP contribution in [-0.2, 0) is 40.3 Å². The fourth-order valence-electron chi connectivity index (χ4n) is 4.07. The molecule has 1 saturated carbocycles. The van der Waals surface area contributed by atoms with Gasteiger partial charge in [-0.25, -0.2) is 8.78 Å². The Balaban J connectivity index is 2.29. The molecule has 2 atom stereocenters. The van der Waals surface area contributed by atoms with Crippen LogP contribution in [0.2, 0.25) is 0 Å². The number of allylic oxidation sites excluding steroid dienone is 2. The minimum Gasteiger partial charge on any atom is -0.461 e. The summed E-state index contributed by atoms with van der Waals surface area (Å²) in [6.45, 7) is 8.83. The monoisotopic (exact) mass is 405 g/mol. The molecule has 0 radical (unpaired) electrons. The minimum atomic E-state index is -0.632. The molecule has 0 heterocycles. The Kier molecular flexibility index (Phi) is 7.18. The second-order valence-electron chi connectivity index (χ2n) is 8.08. The lowest BCUT2D eigenvalue weighted by atomic mass is 9.93. The van der Waals surface area contributed by atoms with Gasteiger partial charge >= 0.3 is 5.97 Å². The van der Waals surface area contributed by atoms with Gasteiger partial charge < -0.3 is 9.47 Å². The van der Waals surface area contributed by atoms with Gasteiger partial charge in [0.2, 0.25) is 0 Å². The third-order valence-corrected chi connectivity index (χ3v) is 5.91. The van der Waals surface area contributed by atoms with Crippen molar-refractivity contribution < 1.29 is 23.0 Å². The Hall–Kier alpha value is -2.26. The Morgan fingerprint density at radius 1 is 1.10 bits per heavy atom.